The average Bonchev–Trinajstić information content (AvgIpc) is 2.29. The van der Waals surface area contributed by atoms with E-state index in [-0.39, 0.29) is 12.1 Å². The first-order chi connectivity index (χ1) is 8.19. The van der Waals surface area contributed by atoms with Crippen molar-refractivity contribution < 1.29 is 14.3 Å². The minimum atomic E-state index is -0.198. The maximum atomic E-state index is 11.4. The molecule has 0 aliphatic carbocycles. The lowest BCUT2D eigenvalue weighted by atomic mass is 10.00. The highest BCUT2D eigenvalue weighted by atomic mass is 16.5. The molecular weight excluding hydrogens is 218 g/mol. The summed E-state index contributed by atoms with van der Waals surface area (Å²) in [5.74, 6) is 0.635. The average molecular weight is 235 g/mol. The van der Waals surface area contributed by atoms with Crippen molar-refractivity contribution in [3.8, 4) is 5.75 Å². The van der Waals surface area contributed by atoms with E-state index in [1.54, 1.807) is 6.92 Å². The van der Waals surface area contributed by atoms with E-state index in [2.05, 4.69) is 0 Å². The molecule has 2 N–H and O–H groups in total. The summed E-state index contributed by atoms with van der Waals surface area (Å²) >= 11 is 0. The topological polar surface area (TPSA) is 61.5 Å². The molecule has 0 unspecified atom stereocenters. The van der Waals surface area contributed by atoms with E-state index in [4.69, 9.17) is 15.2 Å². The van der Waals surface area contributed by atoms with Crippen LogP contribution < -0.4 is 10.5 Å². The molecule has 1 aromatic carbocycles. The normalized spacial score (nSPS) is 18.1. The van der Waals surface area contributed by atoms with Crippen molar-refractivity contribution in [2.24, 2.45) is 0 Å². The maximum Gasteiger partial charge on any atom is 0.309 e. The largest absolute Gasteiger partial charge is 0.490 e. The Labute approximate surface area is 101 Å². The molecule has 1 aromatic rings. The van der Waals surface area contributed by atoms with Gasteiger partial charge in [0.1, 0.15) is 11.9 Å². The Morgan fingerprint density at radius 1 is 1.59 bits per heavy atom. The first-order valence-electron chi connectivity index (χ1n) is 5.89. The number of anilines is 1. The van der Waals surface area contributed by atoms with Gasteiger partial charge in [0.2, 0.25) is 0 Å². The number of hydrogen-bond acceptors (Lipinski definition) is 4. The Kier molecular flexibility index (Phi) is 3.52. The lowest BCUT2D eigenvalue weighted by molar-refractivity contribution is -0.145. The predicted octanol–water partition coefficient (Wildman–Crippen LogP) is 1.92. The van der Waals surface area contributed by atoms with Crippen LogP contribution in [0.3, 0.4) is 0 Å². The van der Waals surface area contributed by atoms with Crippen molar-refractivity contribution in [1.29, 1.82) is 0 Å². The Balaban J connectivity index is 1.99. The Morgan fingerprint density at radius 2 is 2.41 bits per heavy atom. The second-order valence-corrected chi connectivity index (χ2v) is 4.15. The van der Waals surface area contributed by atoms with Gasteiger partial charge < -0.3 is 15.2 Å². The summed E-state index contributed by atoms with van der Waals surface area (Å²) in [6.45, 7) is 2.22. The van der Waals surface area contributed by atoms with Crippen LogP contribution in [0.2, 0.25) is 0 Å². The van der Waals surface area contributed by atoms with Crippen LogP contribution >= 0.6 is 0 Å². The molecule has 1 aliphatic rings. The van der Waals surface area contributed by atoms with Gasteiger partial charge in [-0.05, 0) is 43.5 Å². The molecule has 0 radical (unpaired) electrons. The molecule has 17 heavy (non-hydrogen) atoms. The highest BCUT2D eigenvalue weighted by molar-refractivity contribution is 5.70. The minimum absolute atomic E-state index is 0.0785. The Hall–Kier alpha value is -1.71. The standard InChI is InChI=1S/C13H17NO3/c1-2-16-13(15)8-11-5-3-9-7-10(14)4-6-12(9)17-11/h4,6-7,11H,2-3,5,8,14H2,1H3/t11-/m1/s1. The quantitative estimate of drug-likeness (QED) is 0.642. The van der Waals surface area contributed by atoms with Gasteiger partial charge in [0.15, 0.2) is 0 Å². The van der Waals surface area contributed by atoms with Crippen molar-refractivity contribution in [2.45, 2.75) is 32.3 Å². The zero-order chi connectivity index (χ0) is 12.3. The van der Waals surface area contributed by atoms with E-state index in [0.29, 0.717) is 13.0 Å². The fourth-order valence-corrected chi connectivity index (χ4v) is 2.01. The molecule has 0 spiro atoms. The molecule has 4 heteroatoms. The zero-order valence-electron chi connectivity index (χ0n) is 9.94. The molecular formula is C13H17NO3. The molecule has 0 aromatic heterocycles. The fraction of sp³-hybridized carbons (Fsp3) is 0.462. The molecule has 1 heterocycles. The van der Waals surface area contributed by atoms with Gasteiger partial charge in [0.25, 0.3) is 0 Å². The second kappa shape index (κ2) is 5.08. The highest BCUT2D eigenvalue weighted by Crippen LogP contribution is 2.30. The number of nitrogens with two attached hydrogens (primary N) is 1. The molecule has 1 atom stereocenters. The lowest BCUT2D eigenvalue weighted by Gasteiger charge is -2.25. The van der Waals surface area contributed by atoms with Crippen LogP contribution in [0.15, 0.2) is 18.2 Å². The Morgan fingerprint density at radius 3 is 3.18 bits per heavy atom. The number of carbonyl (C=O) groups is 1. The number of fused-ring (bicyclic) bond motifs is 1. The van der Waals surface area contributed by atoms with Crippen molar-refractivity contribution in [3.05, 3.63) is 23.8 Å². The summed E-state index contributed by atoms with van der Waals surface area (Å²) in [6.07, 6.45) is 1.96. The lowest BCUT2D eigenvalue weighted by Crippen LogP contribution is -2.26. The van der Waals surface area contributed by atoms with E-state index in [1.807, 2.05) is 18.2 Å². The van der Waals surface area contributed by atoms with Crippen molar-refractivity contribution >= 4 is 11.7 Å². The monoisotopic (exact) mass is 235 g/mol. The van der Waals surface area contributed by atoms with Crippen molar-refractivity contribution in [2.75, 3.05) is 12.3 Å². The van der Waals surface area contributed by atoms with Crippen molar-refractivity contribution in [3.63, 3.8) is 0 Å². The van der Waals surface area contributed by atoms with E-state index in [9.17, 15) is 4.79 Å². The van der Waals surface area contributed by atoms with Gasteiger partial charge in [0.05, 0.1) is 13.0 Å². The van der Waals surface area contributed by atoms with Gasteiger partial charge in [-0.3, -0.25) is 4.79 Å². The van der Waals surface area contributed by atoms with Gasteiger partial charge in [-0.2, -0.15) is 0 Å². The number of rotatable bonds is 3. The number of aryl methyl sites for hydroxylation is 1. The van der Waals surface area contributed by atoms with Gasteiger partial charge in [-0.25, -0.2) is 0 Å². The summed E-state index contributed by atoms with van der Waals surface area (Å²) < 4.78 is 10.7. The van der Waals surface area contributed by atoms with E-state index >= 15 is 0 Å². The van der Waals surface area contributed by atoms with Crippen LogP contribution in [0.5, 0.6) is 5.75 Å². The fourth-order valence-electron chi connectivity index (χ4n) is 2.01. The molecule has 0 saturated carbocycles. The summed E-state index contributed by atoms with van der Waals surface area (Å²) in [4.78, 5) is 11.4. The molecule has 4 nitrogen and oxygen atoms in total. The molecule has 1 aliphatic heterocycles. The molecule has 0 fully saturated rings. The van der Waals surface area contributed by atoms with Gasteiger partial charge in [-0.1, -0.05) is 0 Å². The number of esters is 1. The number of benzene rings is 1. The smallest absolute Gasteiger partial charge is 0.309 e. The highest BCUT2D eigenvalue weighted by Gasteiger charge is 2.22. The minimum Gasteiger partial charge on any atom is -0.490 e. The van der Waals surface area contributed by atoms with Gasteiger partial charge >= 0.3 is 5.97 Å². The third kappa shape index (κ3) is 2.90. The van der Waals surface area contributed by atoms with Crippen LogP contribution in [0.1, 0.15) is 25.3 Å². The number of nitrogen functional groups attached to an aromatic ring is 1. The maximum absolute atomic E-state index is 11.4. The van der Waals surface area contributed by atoms with Gasteiger partial charge in [-0.15, -0.1) is 0 Å². The first-order valence-corrected chi connectivity index (χ1v) is 5.89. The number of hydrogen-bond donors (Lipinski definition) is 1. The summed E-state index contributed by atoms with van der Waals surface area (Å²) in [5, 5.41) is 0. The van der Waals surface area contributed by atoms with E-state index < -0.39 is 0 Å². The van der Waals surface area contributed by atoms with Crippen LogP contribution in [-0.2, 0) is 16.0 Å². The number of ether oxygens (including phenoxy) is 2. The van der Waals surface area contributed by atoms with E-state index in [0.717, 1.165) is 29.8 Å². The summed E-state index contributed by atoms with van der Waals surface area (Å²) in [7, 11) is 0. The summed E-state index contributed by atoms with van der Waals surface area (Å²) in [6, 6.07) is 5.60. The van der Waals surface area contributed by atoms with Crippen LogP contribution in [-0.4, -0.2) is 18.7 Å². The summed E-state index contributed by atoms with van der Waals surface area (Å²) in [5.41, 5.74) is 7.57. The molecule has 0 bridgehead atoms. The third-order valence-corrected chi connectivity index (χ3v) is 2.81. The first kappa shape index (κ1) is 11.8. The predicted molar refractivity (Wildman–Crippen MR) is 64.8 cm³/mol. The molecule has 0 saturated heterocycles. The van der Waals surface area contributed by atoms with Gasteiger partial charge in [0, 0.05) is 5.69 Å². The molecule has 92 valence electrons. The van der Waals surface area contributed by atoms with Crippen LogP contribution in [0.25, 0.3) is 0 Å². The van der Waals surface area contributed by atoms with E-state index in [1.165, 1.54) is 0 Å². The van der Waals surface area contributed by atoms with Crippen molar-refractivity contribution in [1.82, 2.24) is 0 Å². The second-order valence-electron chi connectivity index (χ2n) is 4.15. The zero-order valence-corrected chi connectivity index (χ0v) is 9.94. The third-order valence-electron chi connectivity index (χ3n) is 2.81. The van der Waals surface area contributed by atoms with Crippen LogP contribution in [0, 0.1) is 0 Å². The van der Waals surface area contributed by atoms with Crippen LogP contribution in [0.4, 0.5) is 5.69 Å². The molecule has 2 rings (SSSR count). The SMILES string of the molecule is CCOC(=O)C[C@H]1CCc2cc(N)ccc2O1. The molecule has 0 amide bonds. The Bertz CT molecular complexity index is 417. The number of carbonyl (C=O) groups excluding carboxylic acids is 1.